The molecule has 0 atom stereocenters. The average molecular weight is 255 g/mol. The molecule has 1 heteroatoms. The van der Waals surface area contributed by atoms with Gasteiger partial charge in [0, 0.05) is 0 Å². The fourth-order valence-electron chi connectivity index (χ4n) is 2.19. The Morgan fingerprint density at radius 3 is 2.47 bits per heavy atom. The molecule has 0 fully saturated rings. The highest BCUT2D eigenvalue weighted by molar-refractivity contribution is 5.14. The zero-order valence-corrected chi connectivity index (χ0v) is 12.1. The first-order valence-corrected chi connectivity index (χ1v) is 7.39. The van der Waals surface area contributed by atoms with E-state index >= 15 is 0 Å². The number of rotatable bonds is 9. The molecule has 0 heterocycles. The fourth-order valence-corrected chi connectivity index (χ4v) is 2.19. The highest BCUT2D eigenvalue weighted by atomic mass is 14.2. The molecule has 0 aliphatic carbocycles. The lowest BCUT2D eigenvalue weighted by molar-refractivity contribution is 0.617. The van der Waals surface area contributed by atoms with Crippen molar-refractivity contribution in [2.24, 2.45) is 0 Å². The molecular formula is C18H25N. The van der Waals surface area contributed by atoms with Crippen LogP contribution in [-0.2, 0) is 6.42 Å². The molecule has 1 nitrogen and oxygen atoms in total. The van der Waals surface area contributed by atoms with Gasteiger partial charge < -0.3 is 0 Å². The minimum Gasteiger partial charge on any atom is -0.198 e. The molecule has 1 aromatic carbocycles. The van der Waals surface area contributed by atoms with Crippen LogP contribution < -0.4 is 0 Å². The Labute approximate surface area is 118 Å². The first kappa shape index (κ1) is 15.5. The Kier molecular flexibility index (Phi) is 8.47. The van der Waals surface area contributed by atoms with Crippen LogP contribution in [0.25, 0.3) is 0 Å². The van der Waals surface area contributed by atoms with Crippen molar-refractivity contribution in [3.63, 3.8) is 0 Å². The van der Waals surface area contributed by atoms with Gasteiger partial charge in [0.15, 0.2) is 0 Å². The van der Waals surface area contributed by atoms with Crippen LogP contribution in [0.3, 0.4) is 0 Å². The summed E-state index contributed by atoms with van der Waals surface area (Å²) in [6, 6.07) is 12.9. The third-order valence-electron chi connectivity index (χ3n) is 3.36. The summed E-state index contributed by atoms with van der Waals surface area (Å²) in [4.78, 5) is 0. The summed E-state index contributed by atoms with van der Waals surface area (Å²) >= 11 is 0. The Bertz CT molecular complexity index is 397. The second-order valence-corrected chi connectivity index (χ2v) is 5.18. The zero-order valence-electron chi connectivity index (χ0n) is 12.1. The van der Waals surface area contributed by atoms with Gasteiger partial charge >= 0.3 is 0 Å². The molecule has 0 aliphatic heterocycles. The summed E-state index contributed by atoms with van der Waals surface area (Å²) in [5.74, 6) is 0. The van der Waals surface area contributed by atoms with Crippen LogP contribution in [-0.4, -0.2) is 0 Å². The van der Waals surface area contributed by atoms with Crippen molar-refractivity contribution in [1.29, 1.82) is 5.26 Å². The van der Waals surface area contributed by atoms with Crippen LogP contribution >= 0.6 is 0 Å². The van der Waals surface area contributed by atoms with Crippen molar-refractivity contribution in [3.05, 3.63) is 47.5 Å². The fraction of sp³-hybridized carbons (Fsp3) is 0.500. The Hall–Kier alpha value is -1.55. The smallest absolute Gasteiger partial charge is 0.0666 e. The standard InChI is InChI=1S/C18H25N/c1-17(15-16-19)11-7-4-2-3-5-8-12-18-13-9-6-10-14-18/h6,9-11,13-14H,2-5,7-8,12,15H2,1H3/b17-11-. The van der Waals surface area contributed by atoms with Gasteiger partial charge in [-0.05, 0) is 38.2 Å². The molecule has 1 aromatic rings. The van der Waals surface area contributed by atoms with E-state index in [2.05, 4.69) is 42.5 Å². The van der Waals surface area contributed by atoms with Gasteiger partial charge in [-0.2, -0.15) is 5.26 Å². The number of hydrogen-bond donors (Lipinski definition) is 0. The van der Waals surface area contributed by atoms with Crippen LogP contribution in [0.5, 0.6) is 0 Å². The molecule has 0 aliphatic rings. The zero-order chi connectivity index (χ0) is 13.8. The van der Waals surface area contributed by atoms with E-state index in [-0.39, 0.29) is 0 Å². The number of allylic oxidation sites excluding steroid dienone is 2. The van der Waals surface area contributed by atoms with E-state index in [0.29, 0.717) is 6.42 Å². The molecule has 19 heavy (non-hydrogen) atoms. The van der Waals surface area contributed by atoms with E-state index in [1.165, 1.54) is 49.7 Å². The summed E-state index contributed by atoms with van der Waals surface area (Å²) in [6.07, 6.45) is 11.7. The molecule has 0 N–H and O–H groups in total. The van der Waals surface area contributed by atoms with Crippen molar-refractivity contribution in [2.75, 3.05) is 0 Å². The number of aryl methyl sites for hydroxylation is 1. The molecule has 0 unspecified atom stereocenters. The van der Waals surface area contributed by atoms with Crippen LogP contribution in [0, 0.1) is 11.3 Å². The van der Waals surface area contributed by atoms with Crippen LogP contribution in [0.2, 0.25) is 0 Å². The molecule has 0 bridgehead atoms. The van der Waals surface area contributed by atoms with E-state index in [9.17, 15) is 0 Å². The second-order valence-electron chi connectivity index (χ2n) is 5.18. The van der Waals surface area contributed by atoms with Crippen LogP contribution in [0.15, 0.2) is 42.0 Å². The van der Waals surface area contributed by atoms with Gasteiger partial charge in [-0.1, -0.05) is 61.2 Å². The highest BCUT2D eigenvalue weighted by Gasteiger charge is 1.93. The quantitative estimate of drug-likeness (QED) is 0.426. The average Bonchev–Trinajstić information content (AvgIpc) is 2.43. The van der Waals surface area contributed by atoms with Gasteiger partial charge in [-0.3, -0.25) is 0 Å². The molecule has 0 aromatic heterocycles. The molecule has 0 saturated heterocycles. The van der Waals surface area contributed by atoms with Gasteiger partial charge in [-0.25, -0.2) is 0 Å². The Morgan fingerprint density at radius 2 is 1.74 bits per heavy atom. The van der Waals surface area contributed by atoms with Crippen molar-refractivity contribution < 1.29 is 0 Å². The molecule has 1 rings (SSSR count). The molecule has 0 spiro atoms. The maximum absolute atomic E-state index is 8.54. The highest BCUT2D eigenvalue weighted by Crippen LogP contribution is 2.11. The van der Waals surface area contributed by atoms with Crippen LogP contribution in [0.1, 0.15) is 57.4 Å². The van der Waals surface area contributed by atoms with Crippen LogP contribution in [0.4, 0.5) is 0 Å². The minimum atomic E-state index is 0.580. The SMILES string of the molecule is C/C(=C/CCCCCCCc1ccccc1)CC#N. The lowest BCUT2D eigenvalue weighted by atomic mass is 10.0. The lowest BCUT2D eigenvalue weighted by Crippen LogP contribution is -1.85. The lowest BCUT2D eigenvalue weighted by Gasteiger charge is -2.02. The Morgan fingerprint density at radius 1 is 1.05 bits per heavy atom. The van der Waals surface area contributed by atoms with Crippen molar-refractivity contribution in [3.8, 4) is 6.07 Å². The topological polar surface area (TPSA) is 23.8 Å². The number of benzene rings is 1. The summed E-state index contributed by atoms with van der Waals surface area (Å²) in [6.45, 7) is 2.04. The van der Waals surface area contributed by atoms with E-state index < -0.39 is 0 Å². The molecule has 0 amide bonds. The summed E-state index contributed by atoms with van der Waals surface area (Å²) in [5, 5.41) is 8.54. The molecule has 102 valence electrons. The first-order chi connectivity index (χ1) is 9.33. The largest absolute Gasteiger partial charge is 0.198 e. The first-order valence-electron chi connectivity index (χ1n) is 7.39. The number of nitriles is 1. The maximum atomic E-state index is 8.54. The number of nitrogens with zero attached hydrogens (tertiary/aromatic N) is 1. The summed E-state index contributed by atoms with van der Waals surface area (Å²) < 4.78 is 0. The maximum Gasteiger partial charge on any atom is 0.0666 e. The normalized spacial score (nSPS) is 11.3. The van der Waals surface area contributed by atoms with E-state index in [4.69, 9.17) is 5.26 Å². The number of unbranched alkanes of at least 4 members (excludes halogenated alkanes) is 5. The molecule has 0 saturated carbocycles. The van der Waals surface area contributed by atoms with E-state index in [0.717, 1.165) is 6.42 Å². The van der Waals surface area contributed by atoms with Crippen molar-refractivity contribution >= 4 is 0 Å². The van der Waals surface area contributed by atoms with Gasteiger partial charge in [0.25, 0.3) is 0 Å². The third-order valence-corrected chi connectivity index (χ3v) is 3.36. The minimum absolute atomic E-state index is 0.580. The van der Waals surface area contributed by atoms with E-state index in [1.807, 2.05) is 6.92 Å². The summed E-state index contributed by atoms with van der Waals surface area (Å²) in [5.41, 5.74) is 2.67. The van der Waals surface area contributed by atoms with Crippen molar-refractivity contribution in [2.45, 2.75) is 58.3 Å². The van der Waals surface area contributed by atoms with Gasteiger partial charge in [0.05, 0.1) is 12.5 Å². The number of hydrogen-bond acceptors (Lipinski definition) is 1. The molecule has 0 radical (unpaired) electrons. The predicted octanol–water partition coefficient (Wildman–Crippen LogP) is 5.43. The predicted molar refractivity (Wildman–Crippen MR) is 81.8 cm³/mol. The Balaban J connectivity index is 1.95. The second kappa shape index (κ2) is 10.4. The monoisotopic (exact) mass is 255 g/mol. The van der Waals surface area contributed by atoms with Crippen molar-refractivity contribution in [1.82, 2.24) is 0 Å². The summed E-state index contributed by atoms with van der Waals surface area (Å²) in [7, 11) is 0. The van der Waals surface area contributed by atoms with Gasteiger partial charge in [0.1, 0.15) is 0 Å². The molecular weight excluding hydrogens is 230 g/mol. The van der Waals surface area contributed by atoms with Gasteiger partial charge in [-0.15, -0.1) is 0 Å². The van der Waals surface area contributed by atoms with Gasteiger partial charge in [0.2, 0.25) is 0 Å². The third kappa shape index (κ3) is 8.21. The van der Waals surface area contributed by atoms with E-state index in [1.54, 1.807) is 0 Å².